The predicted octanol–water partition coefficient (Wildman–Crippen LogP) is 2.45. The number of halogens is 1. The molecule has 0 saturated carbocycles. The summed E-state index contributed by atoms with van der Waals surface area (Å²) in [5.74, 6) is 0. The maximum atomic E-state index is 6.06. The zero-order valence-corrected chi connectivity index (χ0v) is 8.53. The standard InChI is InChI=1S/C9H9ClN2S/c10-7-4-9-8(12-5-13-9)3-6(7)1-2-11/h3-5H,1-2,11H2. The number of fused-ring (bicyclic) bond motifs is 1. The van der Waals surface area contributed by atoms with Gasteiger partial charge in [0.25, 0.3) is 0 Å². The van der Waals surface area contributed by atoms with Crippen LogP contribution in [0.3, 0.4) is 0 Å². The second-order valence-electron chi connectivity index (χ2n) is 2.80. The largest absolute Gasteiger partial charge is 0.330 e. The summed E-state index contributed by atoms with van der Waals surface area (Å²) in [5.41, 5.74) is 9.40. The lowest BCUT2D eigenvalue weighted by Gasteiger charge is -2.01. The molecule has 0 spiro atoms. The van der Waals surface area contributed by atoms with Gasteiger partial charge in [0, 0.05) is 5.02 Å². The fraction of sp³-hybridized carbons (Fsp3) is 0.222. The highest BCUT2D eigenvalue weighted by molar-refractivity contribution is 7.16. The van der Waals surface area contributed by atoms with Gasteiger partial charge in [-0.05, 0) is 30.7 Å². The average Bonchev–Trinajstić information content (AvgIpc) is 2.52. The second-order valence-corrected chi connectivity index (χ2v) is 4.10. The van der Waals surface area contributed by atoms with Crippen LogP contribution in [0.2, 0.25) is 5.02 Å². The van der Waals surface area contributed by atoms with E-state index in [0.717, 1.165) is 27.2 Å². The number of thiazole rings is 1. The molecule has 0 amide bonds. The van der Waals surface area contributed by atoms with Crippen molar-refractivity contribution in [1.82, 2.24) is 4.98 Å². The van der Waals surface area contributed by atoms with Gasteiger partial charge in [-0.3, -0.25) is 0 Å². The van der Waals surface area contributed by atoms with Gasteiger partial charge in [-0.1, -0.05) is 11.6 Å². The molecule has 2 aromatic rings. The van der Waals surface area contributed by atoms with Gasteiger partial charge < -0.3 is 5.73 Å². The van der Waals surface area contributed by atoms with Crippen LogP contribution in [0, 0.1) is 0 Å². The molecule has 0 aliphatic carbocycles. The molecule has 0 saturated heterocycles. The summed E-state index contributed by atoms with van der Waals surface area (Å²) in [5, 5.41) is 0.794. The highest BCUT2D eigenvalue weighted by Gasteiger charge is 2.03. The van der Waals surface area contributed by atoms with Crippen LogP contribution in [0.4, 0.5) is 0 Å². The van der Waals surface area contributed by atoms with Crippen LogP contribution in [0.25, 0.3) is 10.2 Å². The first-order valence-electron chi connectivity index (χ1n) is 4.03. The molecule has 0 fully saturated rings. The van der Waals surface area contributed by atoms with Crippen LogP contribution in [0.5, 0.6) is 0 Å². The highest BCUT2D eigenvalue weighted by atomic mass is 35.5. The summed E-state index contributed by atoms with van der Waals surface area (Å²) in [6.07, 6.45) is 0.812. The van der Waals surface area contributed by atoms with Crippen molar-refractivity contribution in [2.75, 3.05) is 6.54 Å². The van der Waals surface area contributed by atoms with Gasteiger partial charge in [0.05, 0.1) is 15.7 Å². The molecule has 0 radical (unpaired) electrons. The first-order valence-corrected chi connectivity index (χ1v) is 5.28. The molecule has 13 heavy (non-hydrogen) atoms. The Morgan fingerprint density at radius 2 is 2.31 bits per heavy atom. The predicted molar refractivity (Wildman–Crippen MR) is 57.4 cm³/mol. The molecule has 68 valence electrons. The lowest BCUT2D eigenvalue weighted by Crippen LogP contribution is -2.02. The highest BCUT2D eigenvalue weighted by Crippen LogP contribution is 2.26. The van der Waals surface area contributed by atoms with E-state index in [0.29, 0.717) is 6.54 Å². The van der Waals surface area contributed by atoms with Crippen LogP contribution < -0.4 is 5.73 Å². The third-order valence-electron chi connectivity index (χ3n) is 1.91. The first-order chi connectivity index (χ1) is 6.31. The molecule has 0 unspecified atom stereocenters. The topological polar surface area (TPSA) is 38.9 Å². The summed E-state index contributed by atoms with van der Waals surface area (Å²) in [4.78, 5) is 4.22. The third-order valence-corrected chi connectivity index (χ3v) is 3.06. The summed E-state index contributed by atoms with van der Waals surface area (Å²) < 4.78 is 1.13. The molecule has 0 bridgehead atoms. The van der Waals surface area contributed by atoms with Crippen molar-refractivity contribution in [3.05, 3.63) is 28.2 Å². The van der Waals surface area contributed by atoms with Gasteiger partial charge >= 0.3 is 0 Å². The van der Waals surface area contributed by atoms with Crippen LogP contribution in [-0.2, 0) is 6.42 Å². The number of benzene rings is 1. The van der Waals surface area contributed by atoms with Crippen molar-refractivity contribution in [3.63, 3.8) is 0 Å². The van der Waals surface area contributed by atoms with E-state index in [2.05, 4.69) is 4.98 Å². The maximum Gasteiger partial charge on any atom is 0.0815 e. The zero-order chi connectivity index (χ0) is 9.26. The van der Waals surface area contributed by atoms with E-state index in [1.54, 1.807) is 11.3 Å². The van der Waals surface area contributed by atoms with Gasteiger partial charge in [-0.2, -0.15) is 0 Å². The number of nitrogens with zero attached hydrogens (tertiary/aromatic N) is 1. The second kappa shape index (κ2) is 3.62. The van der Waals surface area contributed by atoms with Crippen LogP contribution >= 0.6 is 22.9 Å². The van der Waals surface area contributed by atoms with Crippen LogP contribution in [0.1, 0.15) is 5.56 Å². The molecule has 1 heterocycles. The SMILES string of the molecule is NCCc1cc2ncsc2cc1Cl. The van der Waals surface area contributed by atoms with Gasteiger partial charge in [0.15, 0.2) is 0 Å². The van der Waals surface area contributed by atoms with E-state index in [4.69, 9.17) is 17.3 Å². The summed E-state index contributed by atoms with van der Waals surface area (Å²) in [7, 11) is 0. The molecule has 1 aromatic heterocycles. The number of hydrogen-bond donors (Lipinski definition) is 1. The average molecular weight is 213 g/mol. The number of aromatic nitrogens is 1. The van der Waals surface area contributed by atoms with E-state index >= 15 is 0 Å². The van der Waals surface area contributed by atoms with Gasteiger partial charge in [0.1, 0.15) is 0 Å². The molecule has 1 aromatic carbocycles. The molecule has 0 aliphatic rings. The lowest BCUT2D eigenvalue weighted by atomic mass is 10.1. The van der Waals surface area contributed by atoms with Crippen molar-refractivity contribution in [2.45, 2.75) is 6.42 Å². The Bertz CT molecular complexity index is 424. The maximum absolute atomic E-state index is 6.06. The van der Waals surface area contributed by atoms with E-state index < -0.39 is 0 Å². The first kappa shape index (κ1) is 8.94. The summed E-state index contributed by atoms with van der Waals surface area (Å²) in [6, 6.07) is 3.97. The Kier molecular flexibility index (Phi) is 2.49. The van der Waals surface area contributed by atoms with E-state index in [9.17, 15) is 0 Å². The smallest absolute Gasteiger partial charge is 0.0815 e. The number of hydrogen-bond acceptors (Lipinski definition) is 3. The number of nitrogens with two attached hydrogens (primary N) is 1. The zero-order valence-electron chi connectivity index (χ0n) is 6.96. The van der Waals surface area contributed by atoms with Crippen molar-refractivity contribution < 1.29 is 0 Å². The van der Waals surface area contributed by atoms with Gasteiger partial charge in [0.2, 0.25) is 0 Å². The van der Waals surface area contributed by atoms with Crippen molar-refractivity contribution in [2.24, 2.45) is 5.73 Å². The lowest BCUT2D eigenvalue weighted by molar-refractivity contribution is 0.971. The molecule has 4 heteroatoms. The van der Waals surface area contributed by atoms with Crippen molar-refractivity contribution >= 4 is 33.2 Å². The normalized spacial score (nSPS) is 10.9. The molecule has 2 N–H and O–H groups in total. The summed E-state index contributed by atoms with van der Waals surface area (Å²) in [6.45, 7) is 0.620. The van der Waals surface area contributed by atoms with E-state index in [1.165, 1.54) is 0 Å². The van der Waals surface area contributed by atoms with Crippen molar-refractivity contribution in [3.8, 4) is 0 Å². The quantitative estimate of drug-likeness (QED) is 0.831. The fourth-order valence-corrected chi connectivity index (χ4v) is 2.29. The minimum atomic E-state index is 0.620. The minimum absolute atomic E-state index is 0.620. The molecular weight excluding hydrogens is 204 g/mol. The van der Waals surface area contributed by atoms with Gasteiger partial charge in [-0.15, -0.1) is 11.3 Å². The van der Waals surface area contributed by atoms with Crippen LogP contribution in [-0.4, -0.2) is 11.5 Å². The minimum Gasteiger partial charge on any atom is -0.330 e. The molecule has 2 rings (SSSR count). The molecule has 2 nitrogen and oxygen atoms in total. The van der Waals surface area contributed by atoms with E-state index in [1.807, 2.05) is 17.6 Å². The van der Waals surface area contributed by atoms with Crippen LogP contribution in [0.15, 0.2) is 17.6 Å². The Labute approximate surface area is 85.3 Å². The number of rotatable bonds is 2. The Hall–Kier alpha value is -0.640. The monoisotopic (exact) mass is 212 g/mol. The Morgan fingerprint density at radius 1 is 1.46 bits per heavy atom. The van der Waals surface area contributed by atoms with Crippen molar-refractivity contribution in [1.29, 1.82) is 0 Å². The molecular formula is C9H9ClN2S. The Balaban J connectivity index is 2.56. The van der Waals surface area contributed by atoms with E-state index in [-0.39, 0.29) is 0 Å². The van der Waals surface area contributed by atoms with Gasteiger partial charge in [-0.25, -0.2) is 4.98 Å². The fourth-order valence-electron chi connectivity index (χ4n) is 1.27. The molecule has 0 atom stereocenters. The third kappa shape index (κ3) is 1.68. The summed E-state index contributed by atoms with van der Waals surface area (Å²) >= 11 is 7.66. The molecule has 0 aliphatic heterocycles. The Morgan fingerprint density at radius 3 is 3.08 bits per heavy atom.